The van der Waals surface area contributed by atoms with Crippen LogP contribution >= 0.6 is 0 Å². The van der Waals surface area contributed by atoms with Crippen LogP contribution < -0.4 is 14.9 Å². The van der Waals surface area contributed by atoms with Crippen molar-refractivity contribution in [1.82, 2.24) is 5.32 Å². The van der Waals surface area contributed by atoms with E-state index >= 15 is 0 Å². The highest BCUT2D eigenvalue weighted by Gasteiger charge is 2.20. The van der Waals surface area contributed by atoms with Gasteiger partial charge in [-0.15, -0.1) is 0 Å². The molecule has 0 aliphatic heterocycles. The number of para-hydroxylation sites is 1. The third-order valence-corrected chi connectivity index (χ3v) is 7.19. The number of benzene rings is 4. The molecule has 0 fully saturated rings. The van der Waals surface area contributed by atoms with Crippen molar-refractivity contribution < 1.29 is 22.4 Å². The molecular formula is C30H28FN3O4S. The van der Waals surface area contributed by atoms with E-state index in [1.807, 2.05) is 30.3 Å². The summed E-state index contributed by atoms with van der Waals surface area (Å²) >= 11 is 0. The second-order valence-electron chi connectivity index (χ2n) is 8.90. The molecule has 0 spiro atoms. The smallest absolute Gasteiger partial charge is 0.255 e. The molecule has 39 heavy (non-hydrogen) atoms. The SMILES string of the molecule is CS(=O)(=O)N(Cc1ccccc1F)c1ccc(C(=O)Nc2ccccc2C(=O)NCCc2ccccc2)cc1. The molecule has 0 bridgehead atoms. The van der Waals surface area contributed by atoms with Gasteiger partial charge in [0.2, 0.25) is 10.0 Å². The summed E-state index contributed by atoms with van der Waals surface area (Å²) in [4.78, 5) is 25.8. The summed E-state index contributed by atoms with van der Waals surface area (Å²) in [5.41, 5.74) is 2.55. The zero-order chi connectivity index (χ0) is 27.8. The Labute approximate surface area is 227 Å². The van der Waals surface area contributed by atoms with Gasteiger partial charge in [0.25, 0.3) is 11.8 Å². The number of halogens is 1. The maximum atomic E-state index is 14.2. The number of carbonyl (C=O) groups is 2. The summed E-state index contributed by atoms with van der Waals surface area (Å²) in [5.74, 6) is -1.29. The van der Waals surface area contributed by atoms with Gasteiger partial charge in [0.15, 0.2) is 0 Å². The monoisotopic (exact) mass is 545 g/mol. The van der Waals surface area contributed by atoms with Crippen LogP contribution in [0.5, 0.6) is 0 Å². The summed E-state index contributed by atoms with van der Waals surface area (Å²) < 4.78 is 40.1. The fourth-order valence-electron chi connectivity index (χ4n) is 4.01. The molecule has 0 aromatic heterocycles. The molecular weight excluding hydrogens is 517 g/mol. The minimum Gasteiger partial charge on any atom is -0.352 e. The number of carbonyl (C=O) groups excluding carboxylic acids is 2. The molecule has 7 nitrogen and oxygen atoms in total. The van der Waals surface area contributed by atoms with Crippen molar-refractivity contribution in [3.05, 3.63) is 131 Å². The summed E-state index contributed by atoms with van der Waals surface area (Å²) in [6.07, 6.45) is 1.71. The van der Waals surface area contributed by atoms with Crippen LogP contribution in [0.1, 0.15) is 31.8 Å². The van der Waals surface area contributed by atoms with Crippen LogP contribution in [-0.2, 0) is 23.0 Å². The lowest BCUT2D eigenvalue weighted by atomic mass is 10.1. The predicted octanol–water partition coefficient (Wildman–Crippen LogP) is 5.02. The van der Waals surface area contributed by atoms with Crippen LogP contribution in [-0.4, -0.2) is 33.0 Å². The highest BCUT2D eigenvalue weighted by molar-refractivity contribution is 7.92. The van der Waals surface area contributed by atoms with Crippen LogP contribution in [0, 0.1) is 5.82 Å². The summed E-state index contributed by atoms with van der Waals surface area (Å²) in [6, 6.07) is 28.4. The molecule has 4 aromatic carbocycles. The number of amides is 2. The quantitative estimate of drug-likeness (QED) is 0.293. The van der Waals surface area contributed by atoms with Gasteiger partial charge in [0, 0.05) is 17.7 Å². The van der Waals surface area contributed by atoms with Crippen LogP contribution in [0.4, 0.5) is 15.8 Å². The van der Waals surface area contributed by atoms with Gasteiger partial charge in [-0.25, -0.2) is 12.8 Å². The molecule has 0 saturated heterocycles. The molecule has 0 unspecified atom stereocenters. The molecule has 0 saturated carbocycles. The standard InChI is InChI=1S/C30H28FN3O4S/c1-39(37,38)34(21-24-11-5-7-13-27(24)31)25-17-15-23(16-18-25)29(35)33-28-14-8-6-12-26(28)30(36)32-20-19-22-9-3-2-4-10-22/h2-18H,19-21H2,1H3,(H,32,36)(H,33,35). The van der Waals surface area contributed by atoms with E-state index in [2.05, 4.69) is 10.6 Å². The van der Waals surface area contributed by atoms with Crippen LogP contribution in [0.15, 0.2) is 103 Å². The van der Waals surface area contributed by atoms with E-state index in [1.54, 1.807) is 30.3 Å². The molecule has 9 heteroatoms. The molecule has 0 radical (unpaired) electrons. The Morgan fingerprint density at radius 3 is 2.13 bits per heavy atom. The Balaban J connectivity index is 1.45. The Hall–Kier alpha value is -4.50. The van der Waals surface area contributed by atoms with E-state index in [0.29, 0.717) is 24.2 Å². The lowest BCUT2D eigenvalue weighted by molar-refractivity contribution is 0.0955. The number of rotatable bonds is 10. The van der Waals surface area contributed by atoms with E-state index in [4.69, 9.17) is 0 Å². The Kier molecular flexibility index (Phi) is 8.73. The Bertz CT molecular complexity index is 1560. The van der Waals surface area contributed by atoms with Gasteiger partial charge in [-0.05, 0) is 54.4 Å². The van der Waals surface area contributed by atoms with Gasteiger partial charge in [0.05, 0.1) is 29.7 Å². The number of hydrogen-bond donors (Lipinski definition) is 2. The number of sulfonamides is 1. The Morgan fingerprint density at radius 1 is 0.795 bits per heavy atom. The molecule has 2 N–H and O–H groups in total. The average Bonchev–Trinajstić information content (AvgIpc) is 2.93. The van der Waals surface area contributed by atoms with Gasteiger partial charge in [-0.2, -0.15) is 0 Å². The molecule has 4 aromatic rings. The van der Waals surface area contributed by atoms with Gasteiger partial charge in [0.1, 0.15) is 5.82 Å². The molecule has 0 atom stereocenters. The molecule has 2 amide bonds. The molecule has 0 aliphatic rings. The number of nitrogens with one attached hydrogen (secondary N) is 2. The largest absolute Gasteiger partial charge is 0.352 e. The second kappa shape index (κ2) is 12.4. The van der Waals surface area contributed by atoms with Crippen LogP contribution in [0.3, 0.4) is 0 Å². The first-order valence-corrected chi connectivity index (χ1v) is 14.1. The van der Waals surface area contributed by atoms with Crippen molar-refractivity contribution in [2.24, 2.45) is 0 Å². The zero-order valence-corrected chi connectivity index (χ0v) is 22.1. The van der Waals surface area contributed by atoms with E-state index < -0.39 is 21.7 Å². The zero-order valence-electron chi connectivity index (χ0n) is 21.3. The van der Waals surface area contributed by atoms with Crippen molar-refractivity contribution in [3.63, 3.8) is 0 Å². The predicted molar refractivity (Wildman–Crippen MR) is 151 cm³/mol. The third kappa shape index (κ3) is 7.30. The highest BCUT2D eigenvalue weighted by Crippen LogP contribution is 2.23. The summed E-state index contributed by atoms with van der Waals surface area (Å²) in [7, 11) is -3.73. The van der Waals surface area contributed by atoms with E-state index in [-0.39, 0.29) is 29.3 Å². The lowest BCUT2D eigenvalue weighted by Crippen LogP contribution is -2.29. The van der Waals surface area contributed by atoms with Crippen molar-refractivity contribution >= 4 is 33.2 Å². The third-order valence-electron chi connectivity index (χ3n) is 6.05. The van der Waals surface area contributed by atoms with E-state index in [9.17, 15) is 22.4 Å². The fraction of sp³-hybridized carbons (Fsp3) is 0.133. The first kappa shape index (κ1) is 27.5. The maximum absolute atomic E-state index is 14.2. The highest BCUT2D eigenvalue weighted by atomic mass is 32.2. The number of nitrogens with zero attached hydrogens (tertiary/aromatic N) is 1. The van der Waals surface area contributed by atoms with E-state index in [1.165, 1.54) is 42.5 Å². The fourth-order valence-corrected chi connectivity index (χ4v) is 4.88. The normalized spacial score (nSPS) is 11.0. The minimum absolute atomic E-state index is 0.191. The van der Waals surface area contributed by atoms with Crippen LogP contribution in [0.25, 0.3) is 0 Å². The number of hydrogen-bond acceptors (Lipinski definition) is 4. The first-order valence-electron chi connectivity index (χ1n) is 12.3. The van der Waals surface area contributed by atoms with Crippen molar-refractivity contribution in [2.75, 3.05) is 22.4 Å². The van der Waals surface area contributed by atoms with Gasteiger partial charge in [-0.3, -0.25) is 13.9 Å². The molecule has 0 heterocycles. The van der Waals surface area contributed by atoms with Gasteiger partial charge in [-0.1, -0.05) is 60.7 Å². The van der Waals surface area contributed by atoms with Gasteiger partial charge >= 0.3 is 0 Å². The van der Waals surface area contributed by atoms with Gasteiger partial charge < -0.3 is 10.6 Å². The van der Waals surface area contributed by atoms with E-state index in [0.717, 1.165) is 16.1 Å². The first-order chi connectivity index (χ1) is 18.7. The van der Waals surface area contributed by atoms with Crippen molar-refractivity contribution in [3.8, 4) is 0 Å². The second-order valence-corrected chi connectivity index (χ2v) is 10.8. The van der Waals surface area contributed by atoms with Crippen LogP contribution in [0.2, 0.25) is 0 Å². The summed E-state index contributed by atoms with van der Waals surface area (Å²) in [5, 5.41) is 5.64. The molecule has 4 rings (SSSR count). The average molecular weight is 546 g/mol. The minimum atomic E-state index is -3.73. The molecule has 200 valence electrons. The van der Waals surface area contributed by atoms with Crippen molar-refractivity contribution in [1.29, 1.82) is 0 Å². The Morgan fingerprint density at radius 2 is 1.44 bits per heavy atom. The van der Waals surface area contributed by atoms with Crippen molar-refractivity contribution in [2.45, 2.75) is 13.0 Å². The topological polar surface area (TPSA) is 95.6 Å². The lowest BCUT2D eigenvalue weighted by Gasteiger charge is -2.23. The summed E-state index contributed by atoms with van der Waals surface area (Å²) in [6.45, 7) is 0.250. The number of anilines is 2. The maximum Gasteiger partial charge on any atom is 0.255 e. The molecule has 0 aliphatic carbocycles.